The highest BCUT2D eigenvalue weighted by Gasteiger charge is 2.41. The van der Waals surface area contributed by atoms with Gasteiger partial charge in [0.15, 0.2) is 5.82 Å². The number of ether oxygens (including phenoxy) is 1. The monoisotopic (exact) mass is 304 g/mol. The topological polar surface area (TPSA) is 58.6 Å². The molecule has 1 aromatic heterocycles. The first kappa shape index (κ1) is 15.2. The molecule has 0 saturated carbocycles. The van der Waals surface area contributed by atoms with Crippen LogP contribution in [0.4, 0.5) is 5.82 Å². The third-order valence-electron chi connectivity index (χ3n) is 4.78. The van der Waals surface area contributed by atoms with Crippen LogP contribution in [0.2, 0.25) is 0 Å². The van der Waals surface area contributed by atoms with Crippen LogP contribution in [0.5, 0.6) is 0 Å². The summed E-state index contributed by atoms with van der Waals surface area (Å²) in [7, 11) is 3.60. The van der Waals surface area contributed by atoms with E-state index in [4.69, 9.17) is 4.74 Å². The number of rotatable bonds is 3. The second-order valence-electron chi connectivity index (χ2n) is 6.56. The van der Waals surface area contributed by atoms with Gasteiger partial charge in [0.25, 0.3) is 0 Å². The van der Waals surface area contributed by atoms with Crippen molar-refractivity contribution in [2.75, 3.05) is 38.7 Å². The molecule has 2 aliphatic heterocycles. The van der Waals surface area contributed by atoms with E-state index in [9.17, 15) is 4.79 Å². The number of fused-ring (bicyclic) bond motifs is 1. The van der Waals surface area contributed by atoms with Crippen molar-refractivity contribution in [1.29, 1.82) is 0 Å². The number of piperidine rings is 1. The summed E-state index contributed by atoms with van der Waals surface area (Å²) in [5, 5.41) is 8.42. The molecule has 6 nitrogen and oxygen atoms in total. The minimum absolute atomic E-state index is 0.0751. The molecule has 6 heteroatoms. The third kappa shape index (κ3) is 3.06. The molecular weight excluding hydrogens is 280 g/mol. The Bertz CT molecular complexity index is 531. The Kier molecular flexibility index (Phi) is 4.29. The first-order valence-electron chi connectivity index (χ1n) is 7.91. The Balaban J connectivity index is 1.61. The molecule has 2 aliphatic rings. The van der Waals surface area contributed by atoms with E-state index in [1.54, 1.807) is 19.0 Å². The molecule has 0 aliphatic carbocycles. The highest BCUT2D eigenvalue weighted by molar-refractivity contribution is 5.76. The predicted octanol–water partition coefficient (Wildman–Crippen LogP) is 1.10. The quantitative estimate of drug-likeness (QED) is 0.837. The summed E-state index contributed by atoms with van der Waals surface area (Å²) >= 11 is 0. The van der Waals surface area contributed by atoms with Crippen LogP contribution in [0.25, 0.3) is 0 Å². The van der Waals surface area contributed by atoms with Gasteiger partial charge in [0, 0.05) is 33.1 Å². The molecule has 3 rings (SSSR count). The fraction of sp³-hybridized carbons (Fsp3) is 0.688. The largest absolute Gasteiger partial charge is 0.377 e. The summed E-state index contributed by atoms with van der Waals surface area (Å²) in [4.78, 5) is 15.8. The van der Waals surface area contributed by atoms with E-state index in [0.717, 1.165) is 37.6 Å². The van der Waals surface area contributed by atoms with Crippen LogP contribution in [-0.2, 0) is 9.53 Å². The Morgan fingerprint density at radius 3 is 2.91 bits per heavy atom. The van der Waals surface area contributed by atoms with Gasteiger partial charge in [-0.1, -0.05) is 0 Å². The van der Waals surface area contributed by atoms with Gasteiger partial charge in [-0.3, -0.25) is 4.79 Å². The van der Waals surface area contributed by atoms with Crippen LogP contribution in [-0.4, -0.2) is 60.9 Å². The Hall–Kier alpha value is -1.69. The van der Waals surface area contributed by atoms with Crippen molar-refractivity contribution in [3.05, 3.63) is 17.8 Å². The second kappa shape index (κ2) is 6.20. The van der Waals surface area contributed by atoms with Gasteiger partial charge in [0.2, 0.25) is 5.91 Å². The maximum Gasteiger partial charge on any atom is 0.224 e. The van der Waals surface area contributed by atoms with E-state index in [1.165, 1.54) is 0 Å². The number of hydrogen-bond acceptors (Lipinski definition) is 5. The average molecular weight is 304 g/mol. The second-order valence-corrected chi connectivity index (χ2v) is 6.56. The Morgan fingerprint density at radius 2 is 2.23 bits per heavy atom. The van der Waals surface area contributed by atoms with Crippen molar-refractivity contribution < 1.29 is 9.53 Å². The number of carbonyl (C=O) groups excluding carboxylic acids is 1. The maximum absolute atomic E-state index is 11.9. The van der Waals surface area contributed by atoms with Crippen molar-refractivity contribution >= 4 is 11.7 Å². The summed E-state index contributed by atoms with van der Waals surface area (Å²) in [5.74, 6) is 2.06. The molecule has 0 unspecified atom stereocenters. The number of carbonyl (C=O) groups is 1. The van der Waals surface area contributed by atoms with E-state index < -0.39 is 0 Å². The molecule has 1 aromatic rings. The lowest BCUT2D eigenvalue weighted by molar-refractivity contribution is -0.131. The van der Waals surface area contributed by atoms with Crippen molar-refractivity contribution in [1.82, 2.24) is 15.1 Å². The van der Waals surface area contributed by atoms with E-state index in [1.807, 2.05) is 19.1 Å². The molecule has 22 heavy (non-hydrogen) atoms. The molecule has 0 bridgehead atoms. The van der Waals surface area contributed by atoms with Crippen LogP contribution in [0, 0.1) is 18.8 Å². The molecular formula is C16H24N4O2. The van der Waals surface area contributed by atoms with Gasteiger partial charge >= 0.3 is 0 Å². The summed E-state index contributed by atoms with van der Waals surface area (Å²) < 4.78 is 5.91. The normalized spacial score (nSPS) is 27.6. The SMILES string of the molecule is Cc1ccc(N2CC[C@@H]3[C@@H](CO[C@H]3CC(=O)N(C)C)C2)nn1. The molecule has 2 saturated heterocycles. The molecule has 120 valence electrons. The van der Waals surface area contributed by atoms with E-state index in [-0.39, 0.29) is 12.0 Å². The first-order chi connectivity index (χ1) is 10.5. The highest BCUT2D eigenvalue weighted by Crippen LogP contribution is 2.37. The maximum atomic E-state index is 11.9. The summed E-state index contributed by atoms with van der Waals surface area (Å²) in [6.45, 7) is 4.58. The molecule has 1 amide bonds. The van der Waals surface area contributed by atoms with E-state index in [0.29, 0.717) is 18.3 Å². The van der Waals surface area contributed by atoms with Crippen molar-refractivity contribution in [3.8, 4) is 0 Å². The van der Waals surface area contributed by atoms with Gasteiger partial charge in [-0.2, -0.15) is 5.10 Å². The molecule has 0 N–H and O–H groups in total. The standard InChI is InChI=1S/C16H24N4O2/c1-11-4-5-15(18-17-11)20-7-6-13-12(9-20)10-22-14(13)8-16(21)19(2)3/h4-5,12-14H,6-10H2,1-3H3/t12-,13-,14+/m1/s1. The van der Waals surface area contributed by atoms with Crippen molar-refractivity contribution in [2.45, 2.75) is 25.9 Å². The van der Waals surface area contributed by atoms with Gasteiger partial charge in [-0.05, 0) is 31.4 Å². The summed E-state index contributed by atoms with van der Waals surface area (Å²) in [6, 6.07) is 4.03. The van der Waals surface area contributed by atoms with Gasteiger partial charge < -0.3 is 14.5 Å². The van der Waals surface area contributed by atoms with Crippen LogP contribution in [0.15, 0.2) is 12.1 Å². The van der Waals surface area contributed by atoms with Gasteiger partial charge in [-0.15, -0.1) is 5.10 Å². The van der Waals surface area contributed by atoms with Gasteiger partial charge in [-0.25, -0.2) is 0 Å². The van der Waals surface area contributed by atoms with E-state index >= 15 is 0 Å². The zero-order valence-corrected chi connectivity index (χ0v) is 13.5. The molecule has 3 atom stereocenters. The zero-order valence-electron chi connectivity index (χ0n) is 13.5. The van der Waals surface area contributed by atoms with Crippen LogP contribution in [0.3, 0.4) is 0 Å². The zero-order chi connectivity index (χ0) is 15.7. The lowest BCUT2D eigenvalue weighted by Gasteiger charge is -2.36. The van der Waals surface area contributed by atoms with Gasteiger partial charge in [0.05, 0.1) is 24.8 Å². The Labute approximate surface area is 131 Å². The minimum atomic E-state index is 0.0751. The van der Waals surface area contributed by atoms with Crippen molar-refractivity contribution in [3.63, 3.8) is 0 Å². The number of aryl methyl sites for hydroxylation is 1. The highest BCUT2D eigenvalue weighted by atomic mass is 16.5. The van der Waals surface area contributed by atoms with Crippen LogP contribution >= 0.6 is 0 Å². The number of anilines is 1. The number of aromatic nitrogens is 2. The predicted molar refractivity (Wildman–Crippen MR) is 83.6 cm³/mol. The smallest absolute Gasteiger partial charge is 0.224 e. The van der Waals surface area contributed by atoms with E-state index in [2.05, 4.69) is 15.1 Å². The third-order valence-corrected chi connectivity index (χ3v) is 4.78. The lowest BCUT2D eigenvalue weighted by Crippen LogP contribution is -2.42. The summed E-state index contributed by atoms with van der Waals surface area (Å²) in [5.41, 5.74) is 0.935. The minimum Gasteiger partial charge on any atom is -0.377 e. The van der Waals surface area contributed by atoms with Crippen LogP contribution < -0.4 is 4.90 Å². The molecule has 3 heterocycles. The molecule has 0 aromatic carbocycles. The number of nitrogens with zero attached hydrogens (tertiary/aromatic N) is 4. The fourth-order valence-electron chi connectivity index (χ4n) is 3.42. The lowest BCUT2D eigenvalue weighted by atomic mass is 9.83. The van der Waals surface area contributed by atoms with Crippen LogP contribution in [0.1, 0.15) is 18.5 Å². The summed E-state index contributed by atoms with van der Waals surface area (Å²) in [6.07, 6.45) is 1.62. The first-order valence-corrected chi connectivity index (χ1v) is 7.91. The van der Waals surface area contributed by atoms with Gasteiger partial charge in [0.1, 0.15) is 0 Å². The Morgan fingerprint density at radius 1 is 1.41 bits per heavy atom. The molecule has 0 radical (unpaired) electrons. The molecule has 2 fully saturated rings. The fourth-order valence-corrected chi connectivity index (χ4v) is 3.42. The molecule has 0 spiro atoms. The average Bonchev–Trinajstić information content (AvgIpc) is 2.90. The number of amides is 1. The number of hydrogen-bond donors (Lipinski definition) is 0. The van der Waals surface area contributed by atoms with Crippen molar-refractivity contribution in [2.24, 2.45) is 11.8 Å².